The van der Waals surface area contributed by atoms with Crippen LogP contribution < -0.4 is 19.5 Å². The number of carbonyl (C=O) groups excluding carboxylic acids is 1. The summed E-state index contributed by atoms with van der Waals surface area (Å²) >= 11 is 0. The summed E-state index contributed by atoms with van der Waals surface area (Å²) in [6.07, 6.45) is 1.15. The summed E-state index contributed by atoms with van der Waals surface area (Å²) in [6, 6.07) is 9.56. The van der Waals surface area contributed by atoms with Crippen LogP contribution in [0.3, 0.4) is 0 Å². The SMILES string of the molecule is CCN(C)C(=O)c1c(Nc2cc(-c3ccc4c(c3)OCO4)[nH]n2)ncnc1Oc1cc(F)c2[nH]c(C)cc2c1F. The van der Waals surface area contributed by atoms with Crippen LogP contribution in [0.1, 0.15) is 23.0 Å². The van der Waals surface area contributed by atoms with Crippen LogP contribution in [-0.4, -0.2) is 56.3 Å². The Morgan fingerprint density at radius 3 is 2.80 bits per heavy atom. The highest BCUT2D eigenvalue weighted by Gasteiger charge is 2.26. The summed E-state index contributed by atoms with van der Waals surface area (Å²) in [6.45, 7) is 4.00. The summed E-state index contributed by atoms with van der Waals surface area (Å²) in [5.74, 6) is -0.996. The number of H-pyrrole nitrogens is 2. The molecule has 0 saturated carbocycles. The fraction of sp³-hybridized carbons (Fsp3) is 0.185. The van der Waals surface area contributed by atoms with E-state index in [0.717, 1.165) is 18.0 Å². The van der Waals surface area contributed by atoms with Crippen LogP contribution in [0.2, 0.25) is 0 Å². The lowest BCUT2D eigenvalue weighted by molar-refractivity contribution is 0.0799. The highest BCUT2D eigenvalue weighted by atomic mass is 19.1. The summed E-state index contributed by atoms with van der Waals surface area (Å²) < 4.78 is 46.6. The largest absolute Gasteiger partial charge is 0.454 e. The second kappa shape index (κ2) is 9.84. The maximum absolute atomic E-state index is 15.3. The molecule has 3 aromatic heterocycles. The molecule has 13 heteroatoms. The number of ether oxygens (including phenoxy) is 3. The molecule has 11 nitrogen and oxygen atoms in total. The van der Waals surface area contributed by atoms with Crippen molar-refractivity contribution in [3.05, 3.63) is 65.6 Å². The molecular formula is C27H23F2N7O4. The van der Waals surface area contributed by atoms with Crippen LogP contribution in [0, 0.1) is 18.6 Å². The molecule has 1 amide bonds. The van der Waals surface area contributed by atoms with Crippen LogP contribution >= 0.6 is 0 Å². The van der Waals surface area contributed by atoms with Crippen molar-refractivity contribution in [1.29, 1.82) is 0 Å². The van der Waals surface area contributed by atoms with Gasteiger partial charge in [0.2, 0.25) is 12.7 Å². The second-order valence-electron chi connectivity index (χ2n) is 9.10. The molecule has 5 aromatic rings. The van der Waals surface area contributed by atoms with Gasteiger partial charge in [-0.3, -0.25) is 9.89 Å². The molecular weight excluding hydrogens is 524 g/mol. The predicted molar refractivity (Wildman–Crippen MR) is 141 cm³/mol. The third-order valence-corrected chi connectivity index (χ3v) is 6.46. The van der Waals surface area contributed by atoms with E-state index in [-0.39, 0.29) is 35.0 Å². The Labute approximate surface area is 226 Å². The van der Waals surface area contributed by atoms with E-state index in [1.807, 2.05) is 12.1 Å². The van der Waals surface area contributed by atoms with Gasteiger partial charge in [0.15, 0.2) is 40.5 Å². The lowest BCUT2D eigenvalue weighted by Gasteiger charge is -2.19. The number of nitrogens with zero attached hydrogens (tertiary/aromatic N) is 4. The van der Waals surface area contributed by atoms with Crippen molar-refractivity contribution in [2.75, 3.05) is 25.7 Å². The highest BCUT2D eigenvalue weighted by molar-refractivity contribution is 6.01. The fourth-order valence-corrected chi connectivity index (χ4v) is 4.30. The number of nitrogens with one attached hydrogen (secondary N) is 3. The Balaban J connectivity index is 1.36. The molecule has 204 valence electrons. The smallest absolute Gasteiger partial charge is 0.262 e. The van der Waals surface area contributed by atoms with Gasteiger partial charge in [-0.1, -0.05) is 0 Å². The molecule has 0 radical (unpaired) electrons. The van der Waals surface area contributed by atoms with E-state index in [1.165, 1.54) is 11.0 Å². The van der Waals surface area contributed by atoms with Crippen molar-refractivity contribution in [3.63, 3.8) is 0 Å². The van der Waals surface area contributed by atoms with Crippen LogP contribution in [-0.2, 0) is 0 Å². The average molecular weight is 548 g/mol. The first-order chi connectivity index (χ1) is 19.3. The Morgan fingerprint density at radius 2 is 1.98 bits per heavy atom. The molecule has 0 atom stereocenters. The van der Waals surface area contributed by atoms with Crippen molar-refractivity contribution < 1.29 is 27.8 Å². The number of hydrogen-bond acceptors (Lipinski definition) is 8. The predicted octanol–water partition coefficient (Wildman–Crippen LogP) is 5.29. The Morgan fingerprint density at radius 1 is 1.15 bits per heavy atom. The standard InChI is InChI=1S/C27H23F2N7O4/c1-4-36(3)27(37)22-25(33-21-10-17(34-35-21)14-5-6-18-19(8-14)39-12-38-18)30-11-31-26(22)40-20-9-16(28)24-15(23(20)29)7-13(2)32-24/h5-11,32H,4,12H2,1-3H3,(H2,30,31,33,34,35). The first kappa shape index (κ1) is 25.1. The minimum Gasteiger partial charge on any atom is -0.454 e. The normalized spacial score (nSPS) is 12.1. The number of aryl methyl sites for hydroxylation is 1. The van der Waals surface area contributed by atoms with Gasteiger partial charge >= 0.3 is 0 Å². The minimum absolute atomic E-state index is 0.0195. The number of hydrogen-bond donors (Lipinski definition) is 3. The molecule has 3 N–H and O–H groups in total. The van der Waals surface area contributed by atoms with E-state index in [4.69, 9.17) is 14.2 Å². The molecule has 40 heavy (non-hydrogen) atoms. The van der Waals surface area contributed by atoms with Crippen LogP contribution in [0.15, 0.2) is 42.7 Å². The van der Waals surface area contributed by atoms with Crippen molar-refractivity contribution in [2.24, 2.45) is 0 Å². The third-order valence-electron chi connectivity index (χ3n) is 6.46. The zero-order chi connectivity index (χ0) is 28.0. The van der Waals surface area contributed by atoms with Gasteiger partial charge in [0.1, 0.15) is 11.9 Å². The molecule has 6 rings (SSSR count). The second-order valence-corrected chi connectivity index (χ2v) is 9.10. The molecule has 4 heterocycles. The minimum atomic E-state index is -0.795. The van der Waals surface area contributed by atoms with Crippen molar-refractivity contribution in [3.8, 4) is 34.4 Å². The Kier molecular flexibility index (Phi) is 6.17. The number of aromatic amines is 2. The number of halogens is 2. The lowest BCUT2D eigenvalue weighted by atomic mass is 10.1. The first-order valence-electron chi connectivity index (χ1n) is 12.3. The van der Waals surface area contributed by atoms with Gasteiger partial charge in [-0.2, -0.15) is 5.10 Å². The van der Waals surface area contributed by atoms with Gasteiger partial charge in [-0.25, -0.2) is 18.7 Å². The molecule has 0 aliphatic carbocycles. The van der Waals surface area contributed by atoms with Gasteiger partial charge in [0.25, 0.3) is 5.91 Å². The molecule has 0 bridgehead atoms. The molecule has 0 saturated heterocycles. The van der Waals surface area contributed by atoms with E-state index in [9.17, 15) is 9.18 Å². The summed E-state index contributed by atoms with van der Waals surface area (Å²) in [7, 11) is 1.59. The van der Waals surface area contributed by atoms with Crippen LogP contribution in [0.25, 0.3) is 22.2 Å². The number of rotatable bonds is 7. The van der Waals surface area contributed by atoms with Gasteiger partial charge in [0, 0.05) is 42.4 Å². The van der Waals surface area contributed by atoms with Gasteiger partial charge in [0.05, 0.1) is 11.2 Å². The summed E-state index contributed by atoms with van der Waals surface area (Å²) in [5, 5.41) is 10.2. The molecule has 0 fully saturated rings. The van der Waals surface area contributed by atoms with E-state index >= 15 is 4.39 Å². The van der Waals surface area contributed by atoms with E-state index in [1.54, 1.807) is 33.0 Å². The number of carbonyl (C=O) groups is 1. The average Bonchev–Trinajstić information content (AvgIpc) is 3.70. The van der Waals surface area contributed by atoms with Crippen molar-refractivity contribution in [2.45, 2.75) is 13.8 Å². The number of aromatic nitrogens is 5. The molecule has 1 aliphatic heterocycles. The van der Waals surface area contributed by atoms with Crippen LogP contribution in [0.5, 0.6) is 23.1 Å². The van der Waals surface area contributed by atoms with Crippen LogP contribution in [0.4, 0.5) is 20.4 Å². The quantitative estimate of drug-likeness (QED) is 0.251. The Bertz CT molecular complexity index is 1770. The third kappa shape index (κ3) is 4.40. The zero-order valence-corrected chi connectivity index (χ0v) is 21.6. The number of anilines is 2. The summed E-state index contributed by atoms with van der Waals surface area (Å²) in [5.41, 5.74) is 1.98. The lowest BCUT2D eigenvalue weighted by Crippen LogP contribution is -2.28. The molecule has 0 spiro atoms. The van der Waals surface area contributed by atoms with Crippen molar-refractivity contribution >= 4 is 28.4 Å². The number of amides is 1. The molecule has 2 aromatic carbocycles. The maximum atomic E-state index is 15.3. The van der Waals surface area contributed by atoms with E-state index in [0.29, 0.717) is 35.2 Å². The van der Waals surface area contributed by atoms with Crippen molar-refractivity contribution in [1.82, 2.24) is 30.0 Å². The number of benzene rings is 2. The monoisotopic (exact) mass is 547 g/mol. The summed E-state index contributed by atoms with van der Waals surface area (Å²) in [4.78, 5) is 25.9. The highest BCUT2D eigenvalue weighted by Crippen LogP contribution is 2.37. The zero-order valence-electron chi connectivity index (χ0n) is 21.6. The van der Waals surface area contributed by atoms with E-state index in [2.05, 4.69) is 30.5 Å². The topological polar surface area (TPSA) is 130 Å². The number of fused-ring (bicyclic) bond motifs is 2. The van der Waals surface area contributed by atoms with Gasteiger partial charge in [-0.05, 0) is 38.1 Å². The Hall–Kier alpha value is -5.20. The van der Waals surface area contributed by atoms with Gasteiger partial charge < -0.3 is 29.4 Å². The first-order valence-corrected chi connectivity index (χ1v) is 12.3. The fourth-order valence-electron chi connectivity index (χ4n) is 4.30. The maximum Gasteiger partial charge on any atom is 0.262 e. The van der Waals surface area contributed by atoms with E-state index < -0.39 is 23.3 Å². The van der Waals surface area contributed by atoms with Gasteiger partial charge in [-0.15, -0.1) is 0 Å². The molecule has 0 unspecified atom stereocenters. The molecule has 1 aliphatic rings.